The molecular formula is C22H18INO3. The molecule has 27 heavy (non-hydrogen) atoms. The Kier molecular flexibility index (Phi) is 4.70. The van der Waals surface area contributed by atoms with Gasteiger partial charge in [-0.25, -0.2) is 0 Å². The molecule has 4 rings (SSSR count). The van der Waals surface area contributed by atoms with Crippen LogP contribution in [0.15, 0.2) is 66.7 Å². The third kappa shape index (κ3) is 3.35. The number of benzene rings is 3. The van der Waals surface area contributed by atoms with Crippen molar-refractivity contribution in [1.82, 2.24) is 4.57 Å². The van der Waals surface area contributed by atoms with E-state index >= 15 is 0 Å². The lowest BCUT2D eigenvalue weighted by molar-refractivity contribution is 0.475. The molecule has 0 saturated carbocycles. The highest BCUT2D eigenvalue weighted by Gasteiger charge is 2.16. The van der Waals surface area contributed by atoms with E-state index in [-0.39, 0.29) is 11.5 Å². The van der Waals surface area contributed by atoms with Crippen LogP contribution in [0, 0.1) is 6.92 Å². The van der Waals surface area contributed by atoms with Crippen LogP contribution in [0.1, 0.15) is 11.1 Å². The molecule has 1 heterocycles. The van der Waals surface area contributed by atoms with Crippen molar-refractivity contribution in [2.75, 3.05) is 0 Å². The average Bonchev–Trinajstić information content (AvgIpc) is 2.94. The summed E-state index contributed by atoms with van der Waals surface area (Å²) >= 11 is 1.87. The smallest absolute Gasteiger partial charge is 0.192 e. The lowest BCUT2D eigenvalue weighted by Crippen LogP contribution is -2.02. The first-order chi connectivity index (χ1) is 13.1. The van der Waals surface area contributed by atoms with Gasteiger partial charge in [-0.3, -0.25) is 0 Å². The fourth-order valence-electron chi connectivity index (χ4n) is 3.49. The number of hydrogen-bond donors (Lipinski definition) is 2. The quantitative estimate of drug-likeness (QED) is 0.370. The van der Waals surface area contributed by atoms with Crippen LogP contribution < -0.4 is 3.07 Å². The monoisotopic (exact) mass is 471 g/mol. The Labute approximate surface area is 171 Å². The third-order valence-corrected chi connectivity index (χ3v) is 5.30. The molecule has 0 bridgehead atoms. The minimum Gasteiger partial charge on any atom is -0.508 e. The summed E-state index contributed by atoms with van der Waals surface area (Å²) in [5, 5.41) is 20.6. The Morgan fingerprint density at radius 3 is 2.22 bits per heavy atom. The van der Waals surface area contributed by atoms with Crippen LogP contribution >= 0.6 is 23.0 Å². The summed E-state index contributed by atoms with van der Waals surface area (Å²) in [7, 11) is 0. The Bertz CT molecular complexity index is 1100. The molecule has 0 unspecified atom stereocenters. The maximum absolute atomic E-state index is 9.95. The largest absolute Gasteiger partial charge is 0.508 e. The minimum atomic E-state index is 0.242. The Hall–Kier alpha value is -2.67. The molecule has 4 aromatic rings. The number of phenols is 2. The van der Waals surface area contributed by atoms with Crippen molar-refractivity contribution < 1.29 is 13.3 Å². The summed E-state index contributed by atoms with van der Waals surface area (Å²) in [6, 6.07) is 20.7. The minimum absolute atomic E-state index is 0.242. The van der Waals surface area contributed by atoms with Crippen LogP contribution in [0.25, 0.3) is 22.2 Å². The van der Waals surface area contributed by atoms with Crippen LogP contribution in [-0.4, -0.2) is 14.8 Å². The number of phenolic OH excluding ortho intramolecular Hbond substituents is 2. The van der Waals surface area contributed by atoms with Crippen molar-refractivity contribution in [1.29, 1.82) is 0 Å². The topological polar surface area (TPSA) is 54.6 Å². The molecular weight excluding hydrogens is 453 g/mol. The molecule has 0 saturated heterocycles. The van der Waals surface area contributed by atoms with Crippen molar-refractivity contribution in [3.8, 4) is 28.5 Å². The van der Waals surface area contributed by atoms with Gasteiger partial charge in [-0.05, 0) is 78.2 Å². The first-order valence-electron chi connectivity index (χ1n) is 8.55. The molecule has 1 aromatic heterocycles. The predicted molar refractivity (Wildman–Crippen MR) is 116 cm³/mol. The van der Waals surface area contributed by atoms with Crippen LogP contribution in [0.3, 0.4) is 0 Å². The van der Waals surface area contributed by atoms with Crippen molar-refractivity contribution in [2.45, 2.75) is 13.5 Å². The van der Waals surface area contributed by atoms with Gasteiger partial charge in [0.2, 0.25) is 0 Å². The van der Waals surface area contributed by atoms with Gasteiger partial charge in [-0.1, -0.05) is 12.1 Å². The van der Waals surface area contributed by atoms with Crippen LogP contribution in [0.2, 0.25) is 0 Å². The zero-order valence-corrected chi connectivity index (χ0v) is 16.8. The Morgan fingerprint density at radius 2 is 1.56 bits per heavy atom. The lowest BCUT2D eigenvalue weighted by Gasteiger charge is -2.13. The van der Waals surface area contributed by atoms with Crippen molar-refractivity contribution in [2.24, 2.45) is 0 Å². The summed E-state index contributed by atoms with van der Waals surface area (Å²) in [6.45, 7) is 2.75. The van der Waals surface area contributed by atoms with Gasteiger partial charge in [-0.2, -0.15) is 0 Å². The van der Waals surface area contributed by atoms with E-state index in [4.69, 9.17) is 3.07 Å². The van der Waals surface area contributed by atoms with Gasteiger partial charge in [0, 0.05) is 17.4 Å². The normalized spacial score (nSPS) is 11.0. The number of rotatable bonds is 4. The van der Waals surface area contributed by atoms with Gasteiger partial charge in [0.1, 0.15) is 17.2 Å². The summed E-state index contributed by atoms with van der Waals surface area (Å²) in [4.78, 5) is 0. The fourth-order valence-corrected chi connectivity index (χ4v) is 3.79. The van der Waals surface area contributed by atoms with Crippen LogP contribution in [0.4, 0.5) is 0 Å². The zero-order valence-electron chi connectivity index (χ0n) is 14.7. The Balaban J connectivity index is 1.90. The summed E-state index contributed by atoms with van der Waals surface area (Å²) in [5.74, 6) is 1.31. The summed E-state index contributed by atoms with van der Waals surface area (Å²) < 4.78 is 7.47. The van der Waals surface area contributed by atoms with Crippen molar-refractivity contribution in [3.05, 3.63) is 77.9 Å². The fraction of sp³-hybridized carbons (Fsp3) is 0.0909. The lowest BCUT2D eigenvalue weighted by atomic mass is 10.1. The SMILES string of the molecule is Cc1c(-c2ccc(O)cc2)n(Cc2ccc(OI)cc2)c2ccc(O)cc12. The second-order valence-electron chi connectivity index (χ2n) is 6.53. The molecule has 0 amide bonds. The second kappa shape index (κ2) is 7.15. The number of aromatic nitrogens is 1. The first kappa shape index (κ1) is 17.7. The van der Waals surface area contributed by atoms with E-state index < -0.39 is 0 Å². The van der Waals surface area contributed by atoms with E-state index in [1.165, 1.54) is 0 Å². The number of aryl methyl sites for hydroxylation is 1. The molecule has 0 fully saturated rings. The van der Waals surface area contributed by atoms with E-state index in [1.807, 2.05) is 53.3 Å². The highest BCUT2D eigenvalue weighted by atomic mass is 127. The van der Waals surface area contributed by atoms with E-state index in [0.717, 1.165) is 39.0 Å². The number of aromatic hydroxyl groups is 2. The molecule has 3 aromatic carbocycles. The molecule has 0 atom stereocenters. The van der Waals surface area contributed by atoms with Gasteiger partial charge < -0.3 is 17.8 Å². The third-order valence-electron chi connectivity index (χ3n) is 4.79. The van der Waals surface area contributed by atoms with Gasteiger partial charge in [0.25, 0.3) is 0 Å². The molecule has 5 heteroatoms. The van der Waals surface area contributed by atoms with Crippen LogP contribution in [0.5, 0.6) is 17.2 Å². The van der Waals surface area contributed by atoms with E-state index in [0.29, 0.717) is 6.54 Å². The van der Waals surface area contributed by atoms with Crippen LogP contribution in [-0.2, 0) is 6.54 Å². The first-order valence-corrected chi connectivity index (χ1v) is 9.43. The van der Waals surface area contributed by atoms with E-state index in [9.17, 15) is 10.2 Å². The average molecular weight is 471 g/mol. The van der Waals surface area contributed by atoms with Crippen molar-refractivity contribution in [3.63, 3.8) is 0 Å². The molecule has 4 nitrogen and oxygen atoms in total. The van der Waals surface area contributed by atoms with Gasteiger partial charge in [0.15, 0.2) is 23.0 Å². The molecule has 0 aliphatic carbocycles. The highest BCUT2D eigenvalue weighted by molar-refractivity contribution is 14.1. The molecule has 0 aliphatic heterocycles. The van der Waals surface area contributed by atoms with E-state index in [1.54, 1.807) is 24.3 Å². The number of nitrogens with zero attached hydrogens (tertiary/aromatic N) is 1. The molecule has 0 radical (unpaired) electrons. The predicted octanol–water partition coefficient (Wildman–Crippen LogP) is 5.81. The summed E-state index contributed by atoms with van der Waals surface area (Å²) in [6.07, 6.45) is 0. The number of halogens is 1. The van der Waals surface area contributed by atoms with E-state index in [2.05, 4.69) is 23.6 Å². The molecule has 136 valence electrons. The standard InChI is InChI=1S/C22H18INO3/c1-14-20-12-18(26)8-11-21(20)24(13-15-2-9-19(27-23)10-3-15)22(14)16-4-6-17(25)7-5-16/h2-12,25-26H,13H2,1H3. The highest BCUT2D eigenvalue weighted by Crippen LogP contribution is 2.36. The van der Waals surface area contributed by atoms with Gasteiger partial charge >= 0.3 is 0 Å². The maximum Gasteiger partial charge on any atom is 0.192 e. The summed E-state index contributed by atoms with van der Waals surface area (Å²) in [5.41, 5.74) is 5.40. The number of hydrogen-bond acceptors (Lipinski definition) is 3. The molecule has 2 N–H and O–H groups in total. The number of fused-ring (bicyclic) bond motifs is 1. The zero-order chi connectivity index (χ0) is 19.0. The maximum atomic E-state index is 9.95. The second-order valence-corrected chi connectivity index (χ2v) is 6.97. The molecule has 0 aliphatic rings. The van der Waals surface area contributed by atoms with Crippen molar-refractivity contribution >= 4 is 33.9 Å². The van der Waals surface area contributed by atoms with Gasteiger partial charge in [-0.15, -0.1) is 0 Å². The Morgan fingerprint density at radius 1 is 0.889 bits per heavy atom. The van der Waals surface area contributed by atoms with Gasteiger partial charge in [0.05, 0.1) is 5.69 Å². The molecule has 0 spiro atoms.